The maximum atomic E-state index is 5.55. The molecule has 0 rings (SSSR count). The summed E-state index contributed by atoms with van der Waals surface area (Å²) in [4.78, 5) is 0. The molecule has 0 saturated heterocycles. The molecule has 3 heteroatoms. The molecule has 0 unspecified atom stereocenters. The van der Waals surface area contributed by atoms with Crippen LogP contribution in [0, 0.1) is 0 Å². The Kier molecular flexibility index (Phi) is 3.59. The molecule has 0 fully saturated rings. The monoisotopic (exact) mass is 146 g/mol. The van der Waals surface area contributed by atoms with Gasteiger partial charge in [-0.2, -0.15) is 0 Å². The normalized spacial score (nSPS) is 12.0. The molecular weight excluding hydrogens is 132 g/mol. The van der Waals surface area contributed by atoms with Crippen molar-refractivity contribution in [2.75, 3.05) is 0 Å². The highest BCUT2D eigenvalue weighted by Crippen LogP contribution is 2.00. The van der Waals surface area contributed by atoms with Crippen molar-refractivity contribution in [3.8, 4) is 0 Å². The van der Waals surface area contributed by atoms with Gasteiger partial charge in [0, 0.05) is 0 Å². The first-order chi connectivity index (χ1) is 3.56. The van der Waals surface area contributed by atoms with Crippen molar-refractivity contribution in [3.63, 3.8) is 0 Å². The molecule has 0 aliphatic heterocycles. The molecule has 0 bridgehead atoms. The molecule has 0 heterocycles. The SMILES string of the molecule is CC[Si]O[Si](C)(C)C. The summed E-state index contributed by atoms with van der Waals surface area (Å²) in [7, 11) is -0.438. The van der Waals surface area contributed by atoms with Crippen LogP contribution in [0.5, 0.6) is 0 Å². The molecule has 0 aliphatic carbocycles. The molecule has 0 amide bonds. The van der Waals surface area contributed by atoms with Crippen LogP contribution in [0.1, 0.15) is 6.92 Å². The van der Waals surface area contributed by atoms with Gasteiger partial charge in [0.25, 0.3) is 0 Å². The highest BCUT2D eigenvalue weighted by Gasteiger charge is 2.12. The third-order valence-corrected chi connectivity index (χ3v) is 3.84. The molecule has 0 aromatic heterocycles. The minimum absolute atomic E-state index is 0.728. The van der Waals surface area contributed by atoms with Gasteiger partial charge in [-0.15, -0.1) is 0 Å². The predicted octanol–water partition coefficient (Wildman–Crippen LogP) is 1.90. The lowest BCUT2D eigenvalue weighted by molar-refractivity contribution is 0.596. The maximum absolute atomic E-state index is 5.55. The molecule has 0 aromatic carbocycles. The van der Waals surface area contributed by atoms with Gasteiger partial charge in [0.05, 0.1) is 0 Å². The smallest absolute Gasteiger partial charge is 0.214 e. The summed E-state index contributed by atoms with van der Waals surface area (Å²) in [6, 6.07) is 1.17. The van der Waals surface area contributed by atoms with E-state index in [0.717, 1.165) is 9.76 Å². The van der Waals surface area contributed by atoms with E-state index in [-0.39, 0.29) is 0 Å². The third kappa shape index (κ3) is 6.39. The standard InChI is InChI=1S/C5H14OSi2/c1-5-7-6-8(2,3)4/h5H2,1-4H3. The van der Waals surface area contributed by atoms with Crippen molar-refractivity contribution in [1.29, 1.82) is 0 Å². The van der Waals surface area contributed by atoms with E-state index < -0.39 is 8.32 Å². The van der Waals surface area contributed by atoms with Gasteiger partial charge in [0.2, 0.25) is 9.76 Å². The Balaban J connectivity index is 3.11. The van der Waals surface area contributed by atoms with Crippen molar-refractivity contribution >= 4 is 18.1 Å². The summed E-state index contributed by atoms with van der Waals surface area (Å²) < 4.78 is 5.55. The lowest BCUT2D eigenvalue weighted by atomic mass is 11.0. The van der Waals surface area contributed by atoms with Crippen molar-refractivity contribution in [1.82, 2.24) is 0 Å². The largest absolute Gasteiger partial charge is 0.456 e. The van der Waals surface area contributed by atoms with Gasteiger partial charge < -0.3 is 4.12 Å². The molecule has 0 saturated carbocycles. The Morgan fingerprint density at radius 1 is 1.38 bits per heavy atom. The van der Waals surface area contributed by atoms with E-state index in [1.54, 1.807) is 0 Å². The van der Waals surface area contributed by atoms with Crippen molar-refractivity contribution in [2.24, 2.45) is 0 Å². The van der Waals surface area contributed by atoms with Gasteiger partial charge >= 0.3 is 0 Å². The summed E-state index contributed by atoms with van der Waals surface area (Å²) in [5.41, 5.74) is 0. The predicted molar refractivity (Wildman–Crippen MR) is 40.7 cm³/mol. The average molecular weight is 146 g/mol. The van der Waals surface area contributed by atoms with E-state index in [2.05, 4.69) is 26.6 Å². The quantitative estimate of drug-likeness (QED) is 0.553. The van der Waals surface area contributed by atoms with Gasteiger partial charge in [0.15, 0.2) is 8.32 Å². The fourth-order valence-corrected chi connectivity index (χ4v) is 2.60. The first kappa shape index (κ1) is 8.39. The third-order valence-electron chi connectivity index (χ3n) is 0.523. The van der Waals surface area contributed by atoms with Crippen LogP contribution in [-0.4, -0.2) is 18.1 Å². The van der Waals surface area contributed by atoms with Crippen LogP contribution < -0.4 is 0 Å². The lowest BCUT2D eigenvalue weighted by Crippen LogP contribution is -2.26. The van der Waals surface area contributed by atoms with E-state index in [9.17, 15) is 0 Å². The molecule has 0 spiro atoms. The average Bonchev–Trinajstić information content (AvgIpc) is 1.59. The summed E-state index contributed by atoms with van der Waals surface area (Å²) in [6.45, 7) is 8.81. The molecule has 0 atom stereocenters. The van der Waals surface area contributed by atoms with Crippen LogP contribution in [0.3, 0.4) is 0 Å². The zero-order valence-electron chi connectivity index (χ0n) is 6.12. The highest BCUT2D eigenvalue weighted by molar-refractivity contribution is 6.73. The molecule has 48 valence electrons. The van der Waals surface area contributed by atoms with Crippen molar-refractivity contribution < 1.29 is 4.12 Å². The Labute approximate surface area is 55.5 Å². The second-order valence-corrected chi connectivity index (χ2v) is 8.75. The van der Waals surface area contributed by atoms with E-state index in [1.165, 1.54) is 6.04 Å². The molecule has 8 heavy (non-hydrogen) atoms. The van der Waals surface area contributed by atoms with Crippen LogP contribution in [0.4, 0.5) is 0 Å². The van der Waals surface area contributed by atoms with E-state index in [0.29, 0.717) is 0 Å². The maximum Gasteiger partial charge on any atom is 0.214 e. The Morgan fingerprint density at radius 2 is 1.88 bits per heavy atom. The fraction of sp³-hybridized carbons (Fsp3) is 1.00. The topological polar surface area (TPSA) is 9.23 Å². The van der Waals surface area contributed by atoms with E-state index in [1.807, 2.05) is 0 Å². The van der Waals surface area contributed by atoms with E-state index in [4.69, 9.17) is 4.12 Å². The van der Waals surface area contributed by atoms with Gasteiger partial charge in [-0.25, -0.2) is 0 Å². The van der Waals surface area contributed by atoms with Crippen LogP contribution in [0.15, 0.2) is 0 Å². The molecular formula is C5H14OSi2. The second kappa shape index (κ2) is 3.43. The Hall–Kier alpha value is 0.394. The number of hydrogen-bond acceptors (Lipinski definition) is 1. The summed E-state index contributed by atoms with van der Waals surface area (Å²) in [5, 5.41) is 0. The van der Waals surface area contributed by atoms with Gasteiger partial charge in [-0.1, -0.05) is 6.92 Å². The van der Waals surface area contributed by atoms with Crippen LogP contribution >= 0.6 is 0 Å². The van der Waals surface area contributed by atoms with E-state index >= 15 is 0 Å². The number of hydrogen-bond donors (Lipinski definition) is 0. The highest BCUT2D eigenvalue weighted by atomic mass is 28.4. The first-order valence-electron chi connectivity index (χ1n) is 2.97. The first-order valence-corrected chi connectivity index (χ1v) is 7.49. The lowest BCUT2D eigenvalue weighted by Gasteiger charge is -2.15. The van der Waals surface area contributed by atoms with Crippen LogP contribution in [0.2, 0.25) is 25.7 Å². The molecule has 0 aliphatic rings. The van der Waals surface area contributed by atoms with Gasteiger partial charge in [-0.05, 0) is 25.7 Å². The molecule has 2 radical (unpaired) electrons. The summed E-state index contributed by atoms with van der Waals surface area (Å²) >= 11 is 0. The van der Waals surface area contributed by atoms with Crippen LogP contribution in [-0.2, 0) is 4.12 Å². The van der Waals surface area contributed by atoms with Crippen molar-refractivity contribution in [3.05, 3.63) is 0 Å². The van der Waals surface area contributed by atoms with Gasteiger partial charge in [-0.3, -0.25) is 0 Å². The van der Waals surface area contributed by atoms with Gasteiger partial charge in [0.1, 0.15) is 0 Å². The van der Waals surface area contributed by atoms with Crippen molar-refractivity contribution in [2.45, 2.75) is 32.6 Å². The molecule has 0 N–H and O–H groups in total. The zero-order chi connectivity index (χ0) is 6.62. The molecule has 1 nitrogen and oxygen atoms in total. The minimum Gasteiger partial charge on any atom is -0.456 e. The minimum atomic E-state index is -1.17. The summed E-state index contributed by atoms with van der Waals surface area (Å²) in [5.74, 6) is 0. The number of rotatable bonds is 3. The summed E-state index contributed by atoms with van der Waals surface area (Å²) in [6.07, 6.45) is 0. The Morgan fingerprint density at radius 3 is 2.00 bits per heavy atom. The molecule has 0 aromatic rings. The second-order valence-electron chi connectivity index (χ2n) is 2.71. The Bertz CT molecular complexity index is 57.9. The zero-order valence-corrected chi connectivity index (χ0v) is 8.12. The fourth-order valence-electron chi connectivity index (χ4n) is 0.289. The van der Waals surface area contributed by atoms with Crippen LogP contribution in [0.25, 0.3) is 0 Å².